The molecule has 2 amide bonds. The zero-order chi connectivity index (χ0) is 16.2. The minimum atomic E-state index is -0.177. The molecule has 0 bridgehead atoms. The highest BCUT2D eigenvalue weighted by Gasteiger charge is 2.24. The quantitative estimate of drug-likeness (QED) is 0.946. The predicted molar refractivity (Wildman–Crippen MR) is 91.5 cm³/mol. The Kier molecular flexibility index (Phi) is 4.42. The monoisotopic (exact) mass is 308 g/mol. The number of benzene rings is 2. The lowest BCUT2D eigenvalue weighted by atomic mass is 10.1. The summed E-state index contributed by atoms with van der Waals surface area (Å²) in [6.45, 7) is 1.99. The van der Waals surface area contributed by atoms with Gasteiger partial charge < -0.3 is 10.2 Å². The minimum Gasteiger partial charge on any atom is -0.324 e. The number of para-hydroxylation sites is 2. The molecule has 1 N–H and O–H groups in total. The molecule has 118 valence electrons. The normalized spacial score (nSPS) is 14.1. The average molecular weight is 308 g/mol. The highest BCUT2D eigenvalue weighted by molar-refractivity contribution is 6.03. The number of carbonyl (C=O) groups excluding carboxylic acids is 2. The van der Waals surface area contributed by atoms with Gasteiger partial charge in [0.05, 0.1) is 0 Å². The molecule has 1 aliphatic rings. The molecule has 4 heteroatoms. The highest BCUT2D eigenvalue weighted by Crippen LogP contribution is 2.26. The van der Waals surface area contributed by atoms with E-state index in [2.05, 4.69) is 5.32 Å². The number of amides is 2. The minimum absolute atomic E-state index is 0.00915. The first-order valence-electron chi connectivity index (χ1n) is 7.89. The number of carbonyl (C=O) groups is 2. The largest absolute Gasteiger partial charge is 0.324 e. The van der Waals surface area contributed by atoms with E-state index in [9.17, 15) is 9.59 Å². The third-order valence-electron chi connectivity index (χ3n) is 4.14. The molecule has 0 fully saturated rings. The van der Waals surface area contributed by atoms with Gasteiger partial charge in [-0.3, -0.25) is 9.59 Å². The molecule has 0 spiro atoms. The van der Waals surface area contributed by atoms with Crippen LogP contribution in [0.2, 0.25) is 0 Å². The van der Waals surface area contributed by atoms with Crippen molar-refractivity contribution in [3.63, 3.8) is 0 Å². The van der Waals surface area contributed by atoms with Gasteiger partial charge in [-0.1, -0.05) is 36.4 Å². The van der Waals surface area contributed by atoms with Gasteiger partial charge in [-0.05, 0) is 43.0 Å². The lowest BCUT2D eigenvalue weighted by Crippen LogP contribution is -2.37. The maximum atomic E-state index is 12.4. The molecule has 0 atom stereocenters. The lowest BCUT2D eigenvalue weighted by molar-refractivity contribution is -0.121. The topological polar surface area (TPSA) is 49.4 Å². The van der Waals surface area contributed by atoms with E-state index in [1.165, 1.54) is 0 Å². The molecule has 0 saturated carbocycles. The van der Waals surface area contributed by atoms with Crippen molar-refractivity contribution in [2.24, 2.45) is 0 Å². The summed E-state index contributed by atoms with van der Waals surface area (Å²) >= 11 is 0. The van der Waals surface area contributed by atoms with Gasteiger partial charge in [-0.25, -0.2) is 0 Å². The Labute approximate surface area is 136 Å². The number of rotatable bonds is 3. The maximum absolute atomic E-state index is 12.4. The summed E-state index contributed by atoms with van der Waals surface area (Å²) in [5, 5.41) is 2.90. The second-order valence-electron chi connectivity index (χ2n) is 5.83. The SMILES string of the molecule is Cc1ccccc1NC(=O)CN1C(=O)CCCc2ccccc21. The van der Waals surface area contributed by atoms with E-state index >= 15 is 0 Å². The molecular formula is C19H20N2O2. The van der Waals surface area contributed by atoms with Crippen molar-refractivity contribution in [1.29, 1.82) is 0 Å². The van der Waals surface area contributed by atoms with Crippen molar-refractivity contribution >= 4 is 23.2 Å². The van der Waals surface area contributed by atoms with Crippen LogP contribution >= 0.6 is 0 Å². The zero-order valence-electron chi connectivity index (χ0n) is 13.2. The Morgan fingerprint density at radius 2 is 1.83 bits per heavy atom. The Morgan fingerprint density at radius 1 is 1.09 bits per heavy atom. The van der Waals surface area contributed by atoms with E-state index in [-0.39, 0.29) is 18.4 Å². The summed E-state index contributed by atoms with van der Waals surface area (Å²) in [6, 6.07) is 15.5. The van der Waals surface area contributed by atoms with E-state index in [1.54, 1.807) is 4.90 Å². The fraction of sp³-hybridized carbons (Fsp3) is 0.263. The van der Waals surface area contributed by atoms with Crippen LogP contribution in [0.5, 0.6) is 0 Å². The third kappa shape index (κ3) is 3.42. The molecular weight excluding hydrogens is 288 g/mol. The van der Waals surface area contributed by atoms with Gasteiger partial charge in [0, 0.05) is 17.8 Å². The second-order valence-corrected chi connectivity index (χ2v) is 5.83. The number of hydrogen-bond acceptors (Lipinski definition) is 2. The summed E-state index contributed by atoms with van der Waals surface area (Å²) in [4.78, 5) is 26.4. The van der Waals surface area contributed by atoms with Crippen LogP contribution in [-0.4, -0.2) is 18.4 Å². The Bertz CT molecular complexity index is 740. The number of fused-ring (bicyclic) bond motifs is 1. The van der Waals surface area contributed by atoms with Crippen molar-refractivity contribution in [3.05, 3.63) is 59.7 Å². The molecule has 23 heavy (non-hydrogen) atoms. The van der Waals surface area contributed by atoms with Crippen LogP contribution in [0.1, 0.15) is 24.0 Å². The van der Waals surface area contributed by atoms with Gasteiger partial charge in [0.1, 0.15) is 6.54 Å². The van der Waals surface area contributed by atoms with Gasteiger partial charge in [-0.15, -0.1) is 0 Å². The average Bonchev–Trinajstić information content (AvgIpc) is 2.70. The van der Waals surface area contributed by atoms with Crippen LogP contribution in [-0.2, 0) is 16.0 Å². The van der Waals surface area contributed by atoms with E-state index < -0.39 is 0 Å². The Balaban J connectivity index is 1.79. The summed E-state index contributed by atoms with van der Waals surface area (Å²) in [7, 11) is 0. The van der Waals surface area contributed by atoms with Gasteiger partial charge in [0.2, 0.25) is 11.8 Å². The summed E-state index contributed by atoms with van der Waals surface area (Å²) < 4.78 is 0. The lowest BCUT2D eigenvalue weighted by Gasteiger charge is -2.22. The maximum Gasteiger partial charge on any atom is 0.244 e. The number of nitrogens with zero attached hydrogens (tertiary/aromatic N) is 1. The molecule has 1 heterocycles. The van der Waals surface area contributed by atoms with Crippen LogP contribution in [0.15, 0.2) is 48.5 Å². The van der Waals surface area contributed by atoms with Gasteiger partial charge in [0.15, 0.2) is 0 Å². The first kappa shape index (κ1) is 15.3. The molecule has 1 aliphatic heterocycles. The standard InChI is InChI=1S/C19H20N2O2/c1-14-7-2-4-10-16(14)20-18(22)13-21-17-11-5-3-8-15(17)9-6-12-19(21)23/h2-5,7-8,10-11H,6,9,12-13H2,1H3,(H,20,22). The van der Waals surface area contributed by atoms with Crippen molar-refractivity contribution < 1.29 is 9.59 Å². The van der Waals surface area contributed by atoms with Crippen LogP contribution < -0.4 is 10.2 Å². The number of anilines is 2. The van der Waals surface area contributed by atoms with Gasteiger partial charge in [0.25, 0.3) is 0 Å². The van der Waals surface area contributed by atoms with Crippen molar-refractivity contribution in [1.82, 2.24) is 0 Å². The first-order chi connectivity index (χ1) is 11.1. The van der Waals surface area contributed by atoms with Gasteiger partial charge in [-0.2, -0.15) is 0 Å². The van der Waals surface area contributed by atoms with Crippen molar-refractivity contribution in [3.8, 4) is 0 Å². The second kappa shape index (κ2) is 6.65. The molecule has 4 nitrogen and oxygen atoms in total. The van der Waals surface area contributed by atoms with Gasteiger partial charge >= 0.3 is 0 Å². The van der Waals surface area contributed by atoms with Crippen LogP contribution in [0, 0.1) is 6.92 Å². The Hall–Kier alpha value is -2.62. The molecule has 0 aromatic heterocycles. The van der Waals surface area contributed by atoms with E-state index in [4.69, 9.17) is 0 Å². The van der Waals surface area contributed by atoms with E-state index in [0.29, 0.717) is 6.42 Å². The predicted octanol–water partition coefficient (Wildman–Crippen LogP) is 3.30. The summed E-state index contributed by atoms with van der Waals surface area (Å²) in [5.41, 5.74) is 3.77. The van der Waals surface area contributed by atoms with Crippen molar-refractivity contribution in [2.75, 3.05) is 16.8 Å². The fourth-order valence-corrected chi connectivity index (χ4v) is 2.90. The smallest absolute Gasteiger partial charge is 0.244 e. The fourth-order valence-electron chi connectivity index (χ4n) is 2.90. The van der Waals surface area contributed by atoms with E-state index in [0.717, 1.165) is 35.3 Å². The molecule has 2 aromatic rings. The number of nitrogens with one attached hydrogen (secondary N) is 1. The molecule has 2 aromatic carbocycles. The van der Waals surface area contributed by atoms with E-state index in [1.807, 2.05) is 55.5 Å². The Morgan fingerprint density at radius 3 is 2.65 bits per heavy atom. The summed E-state index contributed by atoms with van der Waals surface area (Å²) in [5.74, 6) is -0.167. The molecule has 0 aliphatic carbocycles. The third-order valence-corrected chi connectivity index (χ3v) is 4.14. The molecule has 3 rings (SSSR count). The summed E-state index contributed by atoms with van der Waals surface area (Å²) in [6.07, 6.45) is 2.18. The molecule has 0 saturated heterocycles. The van der Waals surface area contributed by atoms with Crippen LogP contribution in [0.4, 0.5) is 11.4 Å². The highest BCUT2D eigenvalue weighted by atomic mass is 16.2. The van der Waals surface area contributed by atoms with Crippen molar-refractivity contribution in [2.45, 2.75) is 26.2 Å². The number of hydrogen-bond donors (Lipinski definition) is 1. The van der Waals surface area contributed by atoms with Crippen LogP contribution in [0.25, 0.3) is 0 Å². The molecule has 0 radical (unpaired) electrons. The zero-order valence-corrected chi connectivity index (χ0v) is 13.2. The number of aryl methyl sites for hydroxylation is 2. The molecule has 0 unspecified atom stereocenters. The van der Waals surface area contributed by atoms with Crippen LogP contribution in [0.3, 0.4) is 0 Å². The first-order valence-corrected chi connectivity index (χ1v) is 7.89.